The molecule has 0 radical (unpaired) electrons. The first-order valence-electron chi connectivity index (χ1n) is 9.39. The van der Waals surface area contributed by atoms with Gasteiger partial charge in [0.15, 0.2) is 5.76 Å². The van der Waals surface area contributed by atoms with Crippen molar-refractivity contribution >= 4 is 52.0 Å². The minimum atomic E-state index is -4.93. The molecule has 2 heterocycles. The van der Waals surface area contributed by atoms with Gasteiger partial charge in [0, 0.05) is 28.5 Å². The predicted octanol–water partition coefficient (Wildman–Crippen LogP) is 7.95. The molecular weight excluding hydrogens is 515 g/mol. The fraction of sp³-hybridized carbons (Fsp3) is 0.0455. The minimum absolute atomic E-state index is 0.0221. The number of hydrogen-bond donors (Lipinski definition) is 2. The molecule has 0 amide bonds. The third-order valence-electron chi connectivity index (χ3n) is 4.57. The predicted molar refractivity (Wildman–Crippen MR) is 125 cm³/mol. The summed E-state index contributed by atoms with van der Waals surface area (Å²) in [7, 11) is 0. The fourth-order valence-corrected chi connectivity index (χ4v) is 4.29. The highest BCUT2D eigenvalue weighted by molar-refractivity contribution is 7.13. The van der Waals surface area contributed by atoms with Crippen LogP contribution in [0, 0.1) is 11.2 Å². The number of anilines is 1. The van der Waals surface area contributed by atoms with E-state index in [9.17, 15) is 17.6 Å². The second-order valence-electron chi connectivity index (χ2n) is 6.74. The molecule has 174 valence electrons. The van der Waals surface area contributed by atoms with Crippen molar-refractivity contribution in [2.45, 2.75) is 6.18 Å². The maximum atomic E-state index is 14.7. The maximum Gasteiger partial charge on any atom is 0.432 e. The summed E-state index contributed by atoms with van der Waals surface area (Å²) >= 11 is 13.2. The van der Waals surface area contributed by atoms with Gasteiger partial charge in [-0.3, -0.25) is 0 Å². The second kappa shape index (κ2) is 9.57. The quantitative estimate of drug-likeness (QED) is 0.197. The average Bonchev–Trinajstić information content (AvgIpc) is 3.43. The van der Waals surface area contributed by atoms with Crippen molar-refractivity contribution in [2.24, 2.45) is 0 Å². The molecule has 4 aromatic rings. The molecule has 0 aliphatic rings. The number of hydrogen-bond acceptors (Lipinski definition) is 6. The van der Waals surface area contributed by atoms with Gasteiger partial charge in [0.1, 0.15) is 22.2 Å². The van der Waals surface area contributed by atoms with Crippen molar-refractivity contribution < 1.29 is 22.1 Å². The van der Waals surface area contributed by atoms with E-state index in [0.29, 0.717) is 6.21 Å². The van der Waals surface area contributed by atoms with E-state index in [1.54, 1.807) is 5.38 Å². The van der Waals surface area contributed by atoms with Crippen molar-refractivity contribution in [1.29, 1.82) is 5.41 Å². The molecule has 12 heteroatoms. The molecule has 2 N–H and O–H groups in total. The molecule has 2 aromatic heterocycles. The summed E-state index contributed by atoms with van der Waals surface area (Å²) < 4.78 is 62.4. The van der Waals surface area contributed by atoms with Gasteiger partial charge in [-0.25, -0.2) is 9.37 Å². The van der Waals surface area contributed by atoms with Crippen LogP contribution in [-0.2, 0) is 0 Å². The average molecular weight is 527 g/mol. The van der Waals surface area contributed by atoms with Crippen LogP contribution in [0.2, 0.25) is 10.0 Å². The lowest BCUT2D eigenvalue weighted by atomic mass is 10.0. The lowest BCUT2D eigenvalue weighted by Crippen LogP contribution is -2.21. The normalized spacial score (nSPS) is 12.4. The Hall–Kier alpha value is -3.21. The lowest BCUT2D eigenvalue weighted by Gasteiger charge is -2.17. The van der Waals surface area contributed by atoms with Crippen molar-refractivity contribution in [2.75, 3.05) is 5.32 Å². The number of nitrogens with zero attached hydrogens (tertiary/aromatic N) is 2. The van der Waals surface area contributed by atoms with E-state index in [0.717, 1.165) is 17.4 Å². The molecule has 0 saturated heterocycles. The van der Waals surface area contributed by atoms with Gasteiger partial charge in [0.05, 0.1) is 21.7 Å². The summed E-state index contributed by atoms with van der Waals surface area (Å²) in [4.78, 5) is 4.13. The highest BCUT2D eigenvalue weighted by atomic mass is 35.5. The summed E-state index contributed by atoms with van der Waals surface area (Å²) in [6.45, 7) is 0. The van der Waals surface area contributed by atoms with Gasteiger partial charge in [-0.2, -0.15) is 13.2 Å². The zero-order chi connectivity index (χ0) is 24.5. The van der Waals surface area contributed by atoms with E-state index in [1.807, 2.05) is 0 Å². The van der Waals surface area contributed by atoms with Gasteiger partial charge in [0.25, 0.3) is 0 Å². The third kappa shape index (κ3) is 4.70. The molecular formula is C22H12Cl2F4N4OS. The highest BCUT2D eigenvalue weighted by Gasteiger charge is 2.39. The van der Waals surface area contributed by atoms with Gasteiger partial charge >= 0.3 is 6.18 Å². The van der Waals surface area contributed by atoms with Gasteiger partial charge < -0.3 is 15.2 Å². The van der Waals surface area contributed by atoms with Crippen LogP contribution < -0.4 is 5.32 Å². The monoisotopic (exact) mass is 526 g/mol. The molecule has 2 aromatic carbocycles. The Kier molecular flexibility index (Phi) is 6.74. The van der Waals surface area contributed by atoms with Gasteiger partial charge in [0.2, 0.25) is 0 Å². The van der Waals surface area contributed by atoms with Crippen LogP contribution in [0.1, 0.15) is 5.76 Å². The van der Waals surface area contributed by atoms with Crippen LogP contribution in [0.4, 0.5) is 23.2 Å². The van der Waals surface area contributed by atoms with Crippen molar-refractivity contribution in [3.8, 4) is 21.8 Å². The number of benzene rings is 2. The summed E-state index contributed by atoms with van der Waals surface area (Å²) in [5.74, 6) is -1.18. The van der Waals surface area contributed by atoms with Crippen LogP contribution in [0.15, 0.2) is 64.3 Å². The first kappa shape index (κ1) is 23.9. The van der Waals surface area contributed by atoms with E-state index in [2.05, 4.69) is 15.5 Å². The summed E-state index contributed by atoms with van der Waals surface area (Å²) in [6.07, 6.45) is -3.03. The third-order valence-corrected chi connectivity index (χ3v) is 5.91. The Morgan fingerprint density at radius 1 is 1.12 bits per heavy atom. The van der Waals surface area contributed by atoms with Crippen LogP contribution >= 0.6 is 34.5 Å². The van der Waals surface area contributed by atoms with Crippen molar-refractivity contribution in [3.63, 3.8) is 0 Å². The van der Waals surface area contributed by atoms with Crippen LogP contribution in [-0.4, -0.2) is 22.5 Å². The first-order valence-corrected chi connectivity index (χ1v) is 11.0. The Labute approximate surface area is 204 Å². The number of aromatic nitrogens is 2. The molecule has 0 aliphatic carbocycles. The highest BCUT2D eigenvalue weighted by Crippen LogP contribution is 2.43. The topological polar surface area (TPSA) is 74.8 Å². The minimum Gasteiger partial charge on any atom is -0.355 e. The van der Waals surface area contributed by atoms with Gasteiger partial charge in [-0.1, -0.05) is 40.5 Å². The van der Waals surface area contributed by atoms with E-state index < -0.39 is 29.0 Å². The number of allylic oxidation sites excluding steroid dienone is 2. The second-order valence-corrected chi connectivity index (χ2v) is 8.47. The van der Waals surface area contributed by atoms with Gasteiger partial charge in [-0.15, -0.1) is 11.3 Å². The largest absolute Gasteiger partial charge is 0.432 e. The lowest BCUT2D eigenvalue weighted by molar-refractivity contribution is -0.0896. The molecule has 4 rings (SSSR count). The number of rotatable bonds is 6. The Morgan fingerprint density at radius 2 is 1.88 bits per heavy atom. The molecule has 5 nitrogen and oxygen atoms in total. The smallest absolute Gasteiger partial charge is 0.355 e. The van der Waals surface area contributed by atoms with Crippen molar-refractivity contribution in [3.05, 3.63) is 81.4 Å². The Bertz CT molecular complexity index is 1360. The molecule has 0 fully saturated rings. The Balaban J connectivity index is 2.00. The fourth-order valence-electron chi connectivity index (χ4n) is 3.17. The molecule has 0 bridgehead atoms. The zero-order valence-electron chi connectivity index (χ0n) is 16.8. The van der Waals surface area contributed by atoms with Crippen molar-refractivity contribution in [1.82, 2.24) is 10.1 Å². The molecule has 0 atom stereocenters. The van der Waals surface area contributed by atoms with Gasteiger partial charge in [-0.05, 0) is 30.3 Å². The number of nitrogens with one attached hydrogen (secondary N) is 2. The number of thiazole rings is 1. The molecule has 0 unspecified atom stereocenters. The number of halogens is 6. The van der Waals surface area contributed by atoms with E-state index >= 15 is 0 Å². The summed E-state index contributed by atoms with van der Waals surface area (Å²) in [5.41, 5.74) is -2.28. The van der Waals surface area contributed by atoms with Crippen LogP contribution in [0.25, 0.3) is 27.4 Å². The SMILES string of the molecule is N=C/C(=C(\Nc1cccc(Cl)c1)C(F)(F)F)c1onc(-c2c(F)cccc2Cl)c1-c1nccs1. The standard InChI is InChI=1S/C22H12Cl2F4N4OS/c23-11-3-1-4-12(9-11)31-20(22(26,27)28)13(10-29)19-17(21-30-7-8-34-21)18(32-33-19)16-14(24)5-2-6-15(16)25/h1-10,29,31H/b20-13+,29-10?. The molecule has 0 saturated carbocycles. The summed E-state index contributed by atoms with van der Waals surface area (Å²) in [5, 5.41) is 15.9. The van der Waals surface area contributed by atoms with E-state index in [4.69, 9.17) is 33.1 Å². The Morgan fingerprint density at radius 3 is 2.50 bits per heavy atom. The maximum absolute atomic E-state index is 14.7. The van der Waals surface area contributed by atoms with Crippen LogP contribution in [0.3, 0.4) is 0 Å². The summed E-state index contributed by atoms with van der Waals surface area (Å²) in [6, 6.07) is 9.57. The molecule has 34 heavy (non-hydrogen) atoms. The van der Waals surface area contributed by atoms with E-state index in [-0.39, 0.29) is 37.6 Å². The zero-order valence-corrected chi connectivity index (χ0v) is 19.1. The molecule has 0 aliphatic heterocycles. The van der Waals surface area contributed by atoms with Crippen LogP contribution in [0.5, 0.6) is 0 Å². The van der Waals surface area contributed by atoms with E-state index in [1.165, 1.54) is 42.6 Å². The number of alkyl halides is 3. The first-order chi connectivity index (χ1) is 16.2. The molecule has 0 spiro atoms.